The van der Waals surface area contributed by atoms with Gasteiger partial charge in [0.05, 0.1) is 0 Å². The zero-order valence-electron chi connectivity index (χ0n) is 9.84. The minimum absolute atomic E-state index is 0.00622. The number of hydrogen-bond acceptors (Lipinski definition) is 1. The molecule has 0 aliphatic rings. The molecule has 0 saturated heterocycles. The average molecular weight is 330 g/mol. The summed E-state index contributed by atoms with van der Waals surface area (Å²) in [5.41, 5.74) is 1.63. The summed E-state index contributed by atoms with van der Waals surface area (Å²) >= 11 is 3.25. The maximum atomic E-state index is 12.9. The van der Waals surface area contributed by atoms with Crippen LogP contribution >= 0.6 is 15.9 Å². The van der Waals surface area contributed by atoms with Gasteiger partial charge in [-0.2, -0.15) is 0 Å². The number of hydrogen-bond donors (Lipinski definition) is 1. The minimum atomic E-state index is -2.45. The highest BCUT2D eigenvalue weighted by molar-refractivity contribution is 9.10. The number of halogens is 4. The SMILES string of the molecule is Fc1ccc(NCc2ccc(C(F)F)cc2)c(Br)c1. The van der Waals surface area contributed by atoms with Gasteiger partial charge in [-0.1, -0.05) is 24.3 Å². The molecule has 2 rings (SSSR count). The Morgan fingerprint density at radius 1 is 1.05 bits per heavy atom. The van der Waals surface area contributed by atoms with E-state index in [4.69, 9.17) is 0 Å². The standard InChI is InChI=1S/C14H11BrF3N/c15-12-7-11(16)5-6-13(12)19-8-9-1-3-10(4-2-9)14(17)18/h1-7,14,19H,8H2. The van der Waals surface area contributed by atoms with E-state index in [1.54, 1.807) is 18.2 Å². The molecular formula is C14H11BrF3N. The summed E-state index contributed by atoms with van der Waals surface area (Å²) < 4.78 is 38.3. The third-order valence-corrected chi connectivity index (χ3v) is 3.30. The molecular weight excluding hydrogens is 319 g/mol. The van der Waals surface area contributed by atoms with E-state index in [-0.39, 0.29) is 11.4 Å². The van der Waals surface area contributed by atoms with Gasteiger partial charge >= 0.3 is 0 Å². The van der Waals surface area contributed by atoms with Crippen molar-refractivity contribution in [2.75, 3.05) is 5.32 Å². The van der Waals surface area contributed by atoms with E-state index in [2.05, 4.69) is 21.2 Å². The zero-order valence-corrected chi connectivity index (χ0v) is 11.4. The largest absolute Gasteiger partial charge is 0.380 e. The van der Waals surface area contributed by atoms with Crippen LogP contribution in [0, 0.1) is 5.82 Å². The number of benzene rings is 2. The summed E-state index contributed by atoms with van der Waals surface area (Å²) in [5.74, 6) is -0.321. The molecule has 0 spiro atoms. The normalized spacial score (nSPS) is 10.8. The summed E-state index contributed by atoms with van der Waals surface area (Å²) in [6.07, 6.45) is -2.45. The van der Waals surface area contributed by atoms with Crippen molar-refractivity contribution in [3.63, 3.8) is 0 Å². The smallest absolute Gasteiger partial charge is 0.263 e. The lowest BCUT2D eigenvalue weighted by Gasteiger charge is -2.09. The van der Waals surface area contributed by atoms with Crippen LogP contribution in [0.15, 0.2) is 46.9 Å². The van der Waals surface area contributed by atoms with E-state index in [1.165, 1.54) is 24.3 Å². The minimum Gasteiger partial charge on any atom is -0.380 e. The fourth-order valence-electron chi connectivity index (χ4n) is 1.61. The van der Waals surface area contributed by atoms with Crippen LogP contribution in [-0.2, 0) is 6.54 Å². The Labute approximate surface area is 117 Å². The number of alkyl halides is 2. The number of nitrogens with one attached hydrogen (secondary N) is 1. The molecule has 1 nitrogen and oxygen atoms in total. The van der Waals surface area contributed by atoms with Crippen LogP contribution in [0.4, 0.5) is 18.9 Å². The summed E-state index contributed by atoms with van der Waals surface area (Å²) in [7, 11) is 0. The molecule has 0 fully saturated rings. The highest BCUT2D eigenvalue weighted by atomic mass is 79.9. The maximum absolute atomic E-state index is 12.9. The molecule has 19 heavy (non-hydrogen) atoms. The quantitative estimate of drug-likeness (QED) is 0.819. The van der Waals surface area contributed by atoms with Crippen molar-refractivity contribution in [2.24, 2.45) is 0 Å². The van der Waals surface area contributed by atoms with E-state index < -0.39 is 6.43 Å². The fourth-order valence-corrected chi connectivity index (χ4v) is 2.10. The lowest BCUT2D eigenvalue weighted by Crippen LogP contribution is -2.00. The van der Waals surface area contributed by atoms with Crippen molar-refractivity contribution in [3.05, 3.63) is 63.9 Å². The Bertz CT molecular complexity index is 555. The van der Waals surface area contributed by atoms with Crippen molar-refractivity contribution >= 4 is 21.6 Å². The molecule has 0 amide bonds. The Hall–Kier alpha value is -1.49. The Morgan fingerprint density at radius 2 is 1.74 bits per heavy atom. The molecule has 0 atom stereocenters. The highest BCUT2D eigenvalue weighted by Crippen LogP contribution is 2.24. The maximum Gasteiger partial charge on any atom is 0.263 e. The van der Waals surface area contributed by atoms with Gasteiger partial charge in [0.2, 0.25) is 0 Å². The van der Waals surface area contributed by atoms with Crippen LogP contribution in [0.2, 0.25) is 0 Å². The van der Waals surface area contributed by atoms with E-state index >= 15 is 0 Å². The van der Waals surface area contributed by atoms with Crippen molar-refractivity contribution in [3.8, 4) is 0 Å². The Morgan fingerprint density at radius 3 is 2.32 bits per heavy atom. The first-order chi connectivity index (χ1) is 9.06. The topological polar surface area (TPSA) is 12.0 Å². The van der Waals surface area contributed by atoms with Crippen LogP contribution in [-0.4, -0.2) is 0 Å². The van der Waals surface area contributed by atoms with Crippen molar-refractivity contribution in [1.82, 2.24) is 0 Å². The predicted molar refractivity (Wildman–Crippen MR) is 72.8 cm³/mol. The number of anilines is 1. The molecule has 2 aromatic rings. The Balaban J connectivity index is 2.02. The number of rotatable bonds is 4. The second kappa shape index (κ2) is 6.10. The average Bonchev–Trinajstić information content (AvgIpc) is 2.38. The van der Waals surface area contributed by atoms with Gasteiger partial charge in [0.1, 0.15) is 5.82 Å². The molecule has 0 heterocycles. The molecule has 2 aromatic carbocycles. The highest BCUT2D eigenvalue weighted by Gasteiger charge is 2.06. The molecule has 0 unspecified atom stereocenters. The van der Waals surface area contributed by atoms with Gasteiger partial charge in [0.15, 0.2) is 0 Å². The third-order valence-electron chi connectivity index (χ3n) is 2.65. The van der Waals surface area contributed by atoms with Gasteiger partial charge in [-0.05, 0) is 39.7 Å². The van der Waals surface area contributed by atoms with Gasteiger partial charge in [0.25, 0.3) is 6.43 Å². The summed E-state index contributed by atoms with van der Waals surface area (Å²) in [4.78, 5) is 0. The lowest BCUT2D eigenvalue weighted by atomic mass is 10.1. The predicted octanol–water partition coefficient (Wildman–Crippen LogP) is 5.14. The van der Waals surface area contributed by atoms with Gasteiger partial charge < -0.3 is 5.32 Å². The second-order valence-corrected chi connectivity index (χ2v) is 4.87. The van der Waals surface area contributed by atoms with Crippen LogP contribution in [0.25, 0.3) is 0 Å². The van der Waals surface area contributed by atoms with Crippen LogP contribution in [0.1, 0.15) is 17.6 Å². The molecule has 0 saturated carbocycles. The van der Waals surface area contributed by atoms with Crippen LogP contribution in [0.3, 0.4) is 0 Å². The first kappa shape index (κ1) is 13.9. The molecule has 0 aliphatic carbocycles. The molecule has 5 heteroatoms. The third kappa shape index (κ3) is 3.73. The van der Waals surface area contributed by atoms with Crippen molar-refractivity contribution < 1.29 is 13.2 Å². The summed E-state index contributed by atoms with van der Waals surface area (Å²) in [6.45, 7) is 0.480. The van der Waals surface area contributed by atoms with E-state index in [0.29, 0.717) is 11.0 Å². The lowest BCUT2D eigenvalue weighted by molar-refractivity contribution is 0.151. The van der Waals surface area contributed by atoms with Gasteiger partial charge in [-0.3, -0.25) is 0 Å². The molecule has 0 radical (unpaired) electrons. The van der Waals surface area contributed by atoms with Gasteiger partial charge in [-0.15, -0.1) is 0 Å². The summed E-state index contributed by atoms with van der Waals surface area (Å²) in [5, 5.41) is 3.10. The monoisotopic (exact) mass is 329 g/mol. The first-order valence-electron chi connectivity index (χ1n) is 5.62. The summed E-state index contributed by atoms with van der Waals surface area (Å²) in [6, 6.07) is 10.4. The second-order valence-electron chi connectivity index (χ2n) is 4.02. The fraction of sp³-hybridized carbons (Fsp3) is 0.143. The first-order valence-corrected chi connectivity index (χ1v) is 6.41. The van der Waals surface area contributed by atoms with Crippen molar-refractivity contribution in [1.29, 1.82) is 0 Å². The van der Waals surface area contributed by atoms with Gasteiger partial charge in [-0.25, -0.2) is 13.2 Å². The van der Waals surface area contributed by atoms with E-state index in [9.17, 15) is 13.2 Å². The molecule has 1 N–H and O–H groups in total. The molecule has 100 valence electrons. The molecule has 0 bridgehead atoms. The van der Waals surface area contributed by atoms with E-state index in [0.717, 1.165) is 11.3 Å². The molecule has 0 aromatic heterocycles. The van der Waals surface area contributed by atoms with Crippen molar-refractivity contribution in [2.45, 2.75) is 13.0 Å². The Kier molecular flexibility index (Phi) is 4.47. The van der Waals surface area contributed by atoms with Gasteiger partial charge in [0, 0.05) is 22.3 Å². The molecule has 0 aliphatic heterocycles. The van der Waals surface area contributed by atoms with E-state index in [1.807, 2.05) is 0 Å². The zero-order chi connectivity index (χ0) is 13.8. The van der Waals surface area contributed by atoms with Crippen LogP contribution < -0.4 is 5.32 Å². The van der Waals surface area contributed by atoms with Crippen LogP contribution in [0.5, 0.6) is 0 Å².